The molecule has 2 rings (SSSR count). The third kappa shape index (κ3) is 4.00. The van der Waals surface area contributed by atoms with Gasteiger partial charge in [-0.15, -0.1) is 0 Å². The summed E-state index contributed by atoms with van der Waals surface area (Å²) in [7, 11) is 0. The van der Waals surface area contributed by atoms with Gasteiger partial charge in [0.2, 0.25) is 0 Å². The summed E-state index contributed by atoms with van der Waals surface area (Å²) in [5.74, 6) is 0. The fraction of sp³-hybridized carbons (Fsp3) is 0.188. The van der Waals surface area contributed by atoms with E-state index in [4.69, 9.17) is 16.9 Å². The molecule has 0 spiro atoms. The van der Waals surface area contributed by atoms with Crippen LogP contribution in [0.15, 0.2) is 46.9 Å². The van der Waals surface area contributed by atoms with Gasteiger partial charge >= 0.3 is 0 Å². The van der Waals surface area contributed by atoms with Crippen LogP contribution < -0.4 is 5.32 Å². The fourth-order valence-electron chi connectivity index (χ4n) is 2.01. The van der Waals surface area contributed by atoms with Crippen LogP contribution in [0.25, 0.3) is 0 Å². The van der Waals surface area contributed by atoms with Crippen LogP contribution in [0.1, 0.15) is 18.1 Å². The van der Waals surface area contributed by atoms with Crippen molar-refractivity contribution in [3.8, 4) is 6.07 Å². The van der Waals surface area contributed by atoms with Crippen molar-refractivity contribution in [3.63, 3.8) is 0 Å². The van der Waals surface area contributed by atoms with Crippen molar-refractivity contribution in [2.45, 2.75) is 19.4 Å². The van der Waals surface area contributed by atoms with Crippen LogP contribution in [0.5, 0.6) is 0 Å². The fourth-order valence-corrected chi connectivity index (χ4v) is 2.43. The summed E-state index contributed by atoms with van der Waals surface area (Å²) >= 11 is 9.35. The van der Waals surface area contributed by atoms with Gasteiger partial charge in [-0.25, -0.2) is 0 Å². The first-order valence-corrected chi connectivity index (χ1v) is 7.46. The second-order valence-corrected chi connectivity index (χ2v) is 6.01. The Kier molecular flexibility index (Phi) is 5.05. The van der Waals surface area contributed by atoms with E-state index < -0.39 is 0 Å². The van der Waals surface area contributed by atoms with Crippen LogP contribution in [0.2, 0.25) is 5.02 Å². The van der Waals surface area contributed by atoms with Crippen LogP contribution in [0.3, 0.4) is 0 Å². The van der Waals surface area contributed by atoms with E-state index in [0.717, 1.165) is 16.6 Å². The Labute approximate surface area is 132 Å². The second-order valence-electron chi connectivity index (χ2n) is 4.68. The number of benzene rings is 2. The lowest BCUT2D eigenvalue weighted by Gasteiger charge is -2.16. The molecule has 0 aromatic heterocycles. The zero-order valence-corrected chi connectivity index (χ0v) is 13.4. The Morgan fingerprint density at radius 1 is 1.25 bits per heavy atom. The number of hydrogen-bond donors (Lipinski definition) is 1. The van der Waals surface area contributed by atoms with Crippen LogP contribution >= 0.6 is 27.5 Å². The van der Waals surface area contributed by atoms with Gasteiger partial charge in [0.1, 0.15) is 6.07 Å². The molecule has 0 saturated carbocycles. The number of nitrogens with zero attached hydrogens (tertiary/aromatic N) is 1. The Hall–Kier alpha value is -1.50. The third-order valence-electron chi connectivity index (χ3n) is 2.96. The lowest BCUT2D eigenvalue weighted by Crippen LogP contribution is -2.18. The minimum Gasteiger partial charge on any atom is -0.382 e. The summed E-state index contributed by atoms with van der Waals surface area (Å²) < 4.78 is 1.08. The van der Waals surface area contributed by atoms with E-state index >= 15 is 0 Å². The molecule has 0 radical (unpaired) electrons. The molecular weight excluding hydrogens is 336 g/mol. The maximum Gasteiger partial charge on any atom is 0.101 e. The molecule has 0 aliphatic carbocycles. The second kappa shape index (κ2) is 6.78. The quantitative estimate of drug-likeness (QED) is 0.841. The Bertz CT molecular complexity index is 632. The highest BCUT2D eigenvalue weighted by Crippen LogP contribution is 2.21. The predicted octanol–water partition coefficient (Wildman–Crippen LogP) is 5.02. The summed E-state index contributed by atoms with van der Waals surface area (Å²) in [6, 6.07) is 16.1. The van der Waals surface area contributed by atoms with Crippen LogP contribution in [-0.4, -0.2) is 6.04 Å². The van der Waals surface area contributed by atoms with E-state index in [1.165, 1.54) is 5.56 Å². The zero-order chi connectivity index (χ0) is 14.5. The van der Waals surface area contributed by atoms with E-state index in [9.17, 15) is 0 Å². The monoisotopic (exact) mass is 348 g/mol. The predicted molar refractivity (Wildman–Crippen MR) is 87.1 cm³/mol. The standard InChI is InChI=1S/C16H14BrClN2/c1-11(8-12-2-4-14(17)5-3-12)20-15-6-7-16(18)13(9-15)10-19/h2-7,9,11,20H,8H2,1H3. The summed E-state index contributed by atoms with van der Waals surface area (Å²) in [4.78, 5) is 0. The summed E-state index contributed by atoms with van der Waals surface area (Å²) in [6.45, 7) is 2.11. The van der Waals surface area contributed by atoms with Crippen LogP contribution in [-0.2, 0) is 6.42 Å². The first-order chi connectivity index (χ1) is 9.58. The molecule has 0 aliphatic rings. The molecule has 0 heterocycles. The number of nitrogens with one attached hydrogen (secondary N) is 1. The average Bonchev–Trinajstić information content (AvgIpc) is 2.43. The van der Waals surface area contributed by atoms with Gasteiger partial charge in [-0.3, -0.25) is 0 Å². The van der Waals surface area contributed by atoms with Crippen molar-refractivity contribution in [3.05, 3.63) is 63.1 Å². The average molecular weight is 350 g/mol. The van der Waals surface area contributed by atoms with Crippen molar-refractivity contribution in [2.75, 3.05) is 5.32 Å². The molecule has 0 aliphatic heterocycles. The third-order valence-corrected chi connectivity index (χ3v) is 3.81. The van der Waals surface area contributed by atoms with Gasteiger partial charge < -0.3 is 5.32 Å². The van der Waals surface area contributed by atoms with Crippen LogP contribution in [0.4, 0.5) is 5.69 Å². The van der Waals surface area contributed by atoms with Crippen molar-refractivity contribution in [1.82, 2.24) is 0 Å². The van der Waals surface area contributed by atoms with Crippen molar-refractivity contribution in [1.29, 1.82) is 5.26 Å². The normalized spacial score (nSPS) is 11.7. The molecule has 20 heavy (non-hydrogen) atoms. The van der Waals surface area contributed by atoms with E-state index in [1.807, 2.05) is 18.2 Å². The summed E-state index contributed by atoms with van der Waals surface area (Å²) in [5, 5.41) is 12.8. The lowest BCUT2D eigenvalue weighted by molar-refractivity contribution is 0.790. The van der Waals surface area contributed by atoms with Crippen molar-refractivity contribution < 1.29 is 0 Å². The van der Waals surface area contributed by atoms with Gasteiger partial charge in [0.25, 0.3) is 0 Å². The minimum atomic E-state index is 0.267. The van der Waals surface area contributed by atoms with E-state index in [-0.39, 0.29) is 6.04 Å². The highest BCUT2D eigenvalue weighted by molar-refractivity contribution is 9.10. The summed E-state index contributed by atoms with van der Waals surface area (Å²) in [5.41, 5.74) is 2.67. The molecule has 1 atom stereocenters. The van der Waals surface area contributed by atoms with Gasteiger partial charge in [-0.05, 0) is 49.2 Å². The Morgan fingerprint density at radius 2 is 1.95 bits per heavy atom. The van der Waals surface area contributed by atoms with Gasteiger partial charge in [0.15, 0.2) is 0 Å². The number of nitriles is 1. The minimum absolute atomic E-state index is 0.267. The molecule has 2 aromatic carbocycles. The smallest absolute Gasteiger partial charge is 0.101 e. The molecule has 2 nitrogen and oxygen atoms in total. The van der Waals surface area contributed by atoms with Gasteiger partial charge in [-0.1, -0.05) is 39.7 Å². The number of hydrogen-bond acceptors (Lipinski definition) is 2. The van der Waals surface area contributed by atoms with E-state index in [2.05, 4.69) is 46.4 Å². The van der Waals surface area contributed by atoms with Gasteiger partial charge in [0, 0.05) is 16.2 Å². The molecular formula is C16H14BrClN2. The maximum absolute atomic E-state index is 8.97. The molecule has 0 amide bonds. The van der Waals surface area contributed by atoms with E-state index in [1.54, 1.807) is 12.1 Å². The Balaban J connectivity index is 2.03. The lowest BCUT2D eigenvalue weighted by atomic mass is 10.1. The number of anilines is 1. The molecule has 102 valence electrons. The molecule has 2 aromatic rings. The highest BCUT2D eigenvalue weighted by atomic mass is 79.9. The van der Waals surface area contributed by atoms with Crippen molar-refractivity contribution >= 4 is 33.2 Å². The molecule has 0 bridgehead atoms. The molecule has 4 heteroatoms. The zero-order valence-electron chi connectivity index (χ0n) is 11.0. The van der Waals surface area contributed by atoms with Crippen molar-refractivity contribution in [2.24, 2.45) is 0 Å². The molecule has 1 N–H and O–H groups in total. The maximum atomic E-state index is 8.97. The Morgan fingerprint density at radius 3 is 2.60 bits per heavy atom. The largest absolute Gasteiger partial charge is 0.382 e. The topological polar surface area (TPSA) is 35.8 Å². The molecule has 1 unspecified atom stereocenters. The SMILES string of the molecule is CC(Cc1ccc(Br)cc1)Nc1ccc(Cl)c(C#N)c1. The molecule has 0 fully saturated rings. The first kappa shape index (κ1) is 14.9. The first-order valence-electron chi connectivity index (χ1n) is 6.29. The number of halogens is 2. The van der Waals surface area contributed by atoms with Gasteiger partial charge in [-0.2, -0.15) is 5.26 Å². The molecule has 0 saturated heterocycles. The highest BCUT2D eigenvalue weighted by Gasteiger charge is 2.06. The number of rotatable bonds is 4. The summed E-state index contributed by atoms with van der Waals surface area (Å²) in [6.07, 6.45) is 0.914. The van der Waals surface area contributed by atoms with E-state index in [0.29, 0.717) is 10.6 Å². The van der Waals surface area contributed by atoms with Crippen LogP contribution in [0, 0.1) is 11.3 Å². The van der Waals surface area contributed by atoms with Gasteiger partial charge in [0.05, 0.1) is 10.6 Å².